The molecule has 1 spiro atoms. The van der Waals surface area contributed by atoms with Crippen LogP contribution in [0.3, 0.4) is 0 Å². The lowest BCUT2D eigenvalue weighted by Crippen LogP contribution is -2.53. The van der Waals surface area contributed by atoms with E-state index < -0.39 is 17.4 Å². The van der Waals surface area contributed by atoms with Gasteiger partial charge in [0, 0.05) is 21.8 Å². The van der Waals surface area contributed by atoms with Crippen LogP contribution in [-0.4, -0.2) is 35.8 Å². The second-order valence-corrected chi connectivity index (χ2v) is 10.2. The number of nitrogens with one attached hydrogen (secondary N) is 2. The molecule has 160 valence electrons. The Hall–Kier alpha value is -2.16. The molecule has 0 saturated carbocycles. The lowest BCUT2D eigenvalue weighted by Gasteiger charge is -2.29. The Balaban J connectivity index is 1.66. The molecule has 0 unspecified atom stereocenters. The smallest absolute Gasteiger partial charge is 0.250 e. The number of imide groups is 1. The van der Waals surface area contributed by atoms with Gasteiger partial charge in [-0.2, -0.15) is 11.8 Å². The number of carbonyl (C=O) groups is 3. The minimum atomic E-state index is -1.23. The number of para-hydroxylation sites is 1. The Kier molecular flexibility index (Phi) is 4.99. The molecule has 3 heterocycles. The van der Waals surface area contributed by atoms with Crippen LogP contribution in [0, 0.1) is 18.8 Å². The molecule has 2 fully saturated rings. The van der Waals surface area contributed by atoms with Crippen LogP contribution in [-0.2, 0) is 19.9 Å². The maximum atomic E-state index is 13.8. The monoisotopic (exact) mass is 499 g/mol. The number of benzene rings is 2. The minimum Gasteiger partial charge on any atom is -0.324 e. The normalized spacial score (nSPS) is 28.9. The molecular formula is C23H22BrN3O3S. The second kappa shape index (κ2) is 7.46. The second-order valence-electron chi connectivity index (χ2n) is 8.31. The van der Waals surface area contributed by atoms with Crippen LogP contribution < -0.4 is 15.5 Å². The zero-order chi connectivity index (χ0) is 21.9. The van der Waals surface area contributed by atoms with Crippen LogP contribution in [0.4, 0.5) is 11.4 Å². The van der Waals surface area contributed by atoms with Gasteiger partial charge in [-0.1, -0.05) is 24.3 Å². The van der Waals surface area contributed by atoms with E-state index in [9.17, 15) is 14.4 Å². The van der Waals surface area contributed by atoms with E-state index in [4.69, 9.17) is 0 Å². The molecule has 5 rings (SSSR count). The summed E-state index contributed by atoms with van der Waals surface area (Å²) in [5.41, 5.74) is 1.76. The lowest BCUT2D eigenvalue weighted by molar-refractivity contribution is -0.130. The highest BCUT2D eigenvalue weighted by atomic mass is 79.9. The van der Waals surface area contributed by atoms with Crippen LogP contribution in [0.25, 0.3) is 0 Å². The fraction of sp³-hybridized carbons (Fsp3) is 0.348. The Bertz CT molecular complexity index is 1120. The first kappa shape index (κ1) is 20.7. The summed E-state index contributed by atoms with van der Waals surface area (Å²) in [7, 11) is 0. The van der Waals surface area contributed by atoms with E-state index in [1.54, 1.807) is 17.8 Å². The molecule has 31 heavy (non-hydrogen) atoms. The predicted octanol–water partition coefficient (Wildman–Crippen LogP) is 3.44. The van der Waals surface area contributed by atoms with Gasteiger partial charge in [0.25, 0.3) is 0 Å². The van der Waals surface area contributed by atoms with Gasteiger partial charge >= 0.3 is 0 Å². The fourth-order valence-corrected chi connectivity index (χ4v) is 6.44. The molecule has 0 radical (unpaired) electrons. The van der Waals surface area contributed by atoms with Crippen molar-refractivity contribution in [1.82, 2.24) is 5.32 Å². The lowest BCUT2D eigenvalue weighted by atomic mass is 9.76. The topological polar surface area (TPSA) is 78.5 Å². The van der Waals surface area contributed by atoms with Gasteiger partial charge in [0.15, 0.2) is 0 Å². The molecule has 0 bridgehead atoms. The summed E-state index contributed by atoms with van der Waals surface area (Å²) in [4.78, 5) is 42.1. The van der Waals surface area contributed by atoms with Gasteiger partial charge in [-0.3, -0.25) is 19.7 Å². The Labute approximate surface area is 193 Å². The highest BCUT2D eigenvalue weighted by molar-refractivity contribution is 9.10. The fourth-order valence-electron chi connectivity index (χ4n) is 5.28. The first-order valence-electron chi connectivity index (χ1n) is 10.2. The standard InChI is InChI=1S/C23H22BrN3O3S/c1-12-7-8-17(14(24)11-12)27-20(28)18-16(9-10-31-2)26-23(19(18)21(27)29)13-5-3-4-6-15(13)25-22(23)30/h3-8,11,16,18-19,26H,9-10H2,1-2H3,(H,25,30)/t16-,18+,19+,23-/m0/s1. The maximum absolute atomic E-state index is 13.8. The number of fused-ring (bicyclic) bond motifs is 4. The summed E-state index contributed by atoms with van der Waals surface area (Å²) in [6, 6.07) is 12.7. The summed E-state index contributed by atoms with van der Waals surface area (Å²) in [5, 5.41) is 6.39. The third kappa shape index (κ3) is 2.84. The number of rotatable bonds is 4. The van der Waals surface area contributed by atoms with E-state index in [-0.39, 0.29) is 23.8 Å². The highest BCUT2D eigenvalue weighted by Crippen LogP contribution is 2.54. The van der Waals surface area contributed by atoms with E-state index in [0.29, 0.717) is 22.3 Å². The summed E-state index contributed by atoms with van der Waals surface area (Å²) in [5.74, 6) is -1.39. The molecule has 4 atom stereocenters. The van der Waals surface area contributed by atoms with Crippen molar-refractivity contribution < 1.29 is 14.4 Å². The van der Waals surface area contributed by atoms with E-state index in [2.05, 4.69) is 26.6 Å². The molecule has 2 saturated heterocycles. The van der Waals surface area contributed by atoms with Gasteiger partial charge in [0.1, 0.15) is 5.54 Å². The van der Waals surface area contributed by atoms with Crippen LogP contribution in [0.15, 0.2) is 46.9 Å². The van der Waals surface area contributed by atoms with Crippen molar-refractivity contribution >= 4 is 56.8 Å². The summed E-state index contributed by atoms with van der Waals surface area (Å²) >= 11 is 5.20. The number of amides is 3. The number of halogens is 1. The third-order valence-electron chi connectivity index (χ3n) is 6.60. The number of hydrogen-bond donors (Lipinski definition) is 2. The first-order chi connectivity index (χ1) is 14.9. The van der Waals surface area contributed by atoms with E-state index in [1.807, 2.05) is 49.6 Å². The van der Waals surface area contributed by atoms with E-state index >= 15 is 0 Å². The Morgan fingerprint density at radius 2 is 1.90 bits per heavy atom. The average Bonchev–Trinajstić information content (AvgIpc) is 3.32. The van der Waals surface area contributed by atoms with Gasteiger partial charge in [-0.25, -0.2) is 4.90 Å². The van der Waals surface area contributed by atoms with Crippen molar-refractivity contribution in [3.05, 3.63) is 58.1 Å². The SMILES string of the molecule is CSCC[C@@H]1N[C@]2(C(=O)Nc3ccccc32)[C@H]2C(=O)N(c3ccc(C)cc3Br)C(=O)[C@H]12. The summed E-state index contributed by atoms with van der Waals surface area (Å²) in [6.07, 6.45) is 2.71. The van der Waals surface area contributed by atoms with Crippen molar-refractivity contribution in [2.45, 2.75) is 24.9 Å². The van der Waals surface area contributed by atoms with E-state index in [0.717, 1.165) is 16.9 Å². The van der Waals surface area contributed by atoms with Crippen molar-refractivity contribution in [2.24, 2.45) is 11.8 Å². The molecule has 6 nitrogen and oxygen atoms in total. The van der Waals surface area contributed by atoms with Crippen molar-refractivity contribution in [1.29, 1.82) is 0 Å². The van der Waals surface area contributed by atoms with Gasteiger partial charge in [-0.15, -0.1) is 0 Å². The highest BCUT2D eigenvalue weighted by Gasteiger charge is 2.70. The molecule has 3 amide bonds. The van der Waals surface area contributed by atoms with Crippen LogP contribution in [0.5, 0.6) is 0 Å². The van der Waals surface area contributed by atoms with Gasteiger partial charge in [0.2, 0.25) is 17.7 Å². The summed E-state index contributed by atoms with van der Waals surface area (Å²) in [6.45, 7) is 1.95. The number of nitrogens with zero attached hydrogens (tertiary/aromatic N) is 1. The predicted molar refractivity (Wildman–Crippen MR) is 125 cm³/mol. The summed E-state index contributed by atoms with van der Waals surface area (Å²) < 4.78 is 0.688. The van der Waals surface area contributed by atoms with Crippen LogP contribution in [0.2, 0.25) is 0 Å². The first-order valence-corrected chi connectivity index (χ1v) is 12.4. The molecule has 3 aliphatic heterocycles. The number of aryl methyl sites for hydroxylation is 1. The van der Waals surface area contributed by atoms with Crippen LogP contribution in [0.1, 0.15) is 17.5 Å². The van der Waals surface area contributed by atoms with Gasteiger partial charge < -0.3 is 5.32 Å². The van der Waals surface area contributed by atoms with Gasteiger partial charge in [-0.05, 0) is 65.0 Å². The molecule has 2 aromatic carbocycles. The van der Waals surface area contributed by atoms with Crippen molar-refractivity contribution in [2.75, 3.05) is 22.2 Å². The van der Waals surface area contributed by atoms with Crippen LogP contribution >= 0.6 is 27.7 Å². The maximum Gasteiger partial charge on any atom is 0.250 e. The number of hydrogen-bond acceptors (Lipinski definition) is 5. The molecule has 0 aliphatic carbocycles. The largest absolute Gasteiger partial charge is 0.324 e. The molecule has 2 N–H and O–H groups in total. The zero-order valence-corrected chi connectivity index (χ0v) is 19.5. The Morgan fingerprint density at radius 1 is 1.13 bits per heavy atom. The van der Waals surface area contributed by atoms with Crippen molar-refractivity contribution in [3.63, 3.8) is 0 Å². The average molecular weight is 500 g/mol. The number of carbonyl (C=O) groups excluding carboxylic acids is 3. The quantitative estimate of drug-likeness (QED) is 0.630. The molecule has 3 aliphatic rings. The van der Waals surface area contributed by atoms with Crippen molar-refractivity contribution in [3.8, 4) is 0 Å². The number of thioether (sulfide) groups is 1. The van der Waals surface area contributed by atoms with E-state index in [1.165, 1.54) is 4.90 Å². The molecular weight excluding hydrogens is 478 g/mol. The number of anilines is 2. The molecule has 0 aromatic heterocycles. The minimum absolute atomic E-state index is 0.243. The zero-order valence-electron chi connectivity index (χ0n) is 17.1. The third-order valence-corrected chi connectivity index (χ3v) is 7.88. The van der Waals surface area contributed by atoms with Gasteiger partial charge in [0.05, 0.1) is 17.5 Å². The Morgan fingerprint density at radius 3 is 2.65 bits per heavy atom. The molecule has 8 heteroatoms. The molecule has 2 aromatic rings.